The number of amides is 2. The lowest BCUT2D eigenvalue weighted by Crippen LogP contribution is -2.32. The van der Waals surface area contributed by atoms with Crippen LogP contribution in [-0.4, -0.2) is 36.4 Å². The molecular formula is C13H16N2O3. The Labute approximate surface area is 106 Å². The Morgan fingerprint density at radius 1 is 1.39 bits per heavy atom. The number of fused-ring (bicyclic) bond motifs is 1. The summed E-state index contributed by atoms with van der Waals surface area (Å²) in [5.41, 5.74) is 1.06. The first-order valence-corrected chi connectivity index (χ1v) is 6.02. The van der Waals surface area contributed by atoms with Crippen LogP contribution in [-0.2, 0) is 4.79 Å². The summed E-state index contributed by atoms with van der Waals surface area (Å²) in [7, 11) is 0. The van der Waals surface area contributed by atoms with Gasteiger partial charge in [0.15, 0.2) is 12.4 Å². The molecule has 18 heavy (non-hydrogen) atoms. The average molecular weight is 248 g/mol. The molecule has 1 aromatic rings. The lowest BCUT2D eigenvalue weighted by atomic mass is 10.1. The predicted molar refractivity (Wildman–Crippen MR) is 67.8 cm³/mol. The first kappa shape index (κ1) is 12.4. The van der Waals surface area contributed by atoms with Crippen molar-refractivity contribution in [3.8, 4) is 5.75 Å². The van der Waals surface area contributed by atoms with Gasteiger partial charge in [-0.2, -0.15) is 0 Å². The van der Waals surface area contributed by atoms with Crippen LogP contribution in [0, 0.1) is 0 Å². The molecule has 0 saturated carbocycles. The summed E-state index contributed by atoms with van der Waals surface area (Å²) in [6, 6.07) is 5.19. The highest BCUT2D eigenvalue weighted by Gasteiger charge is 2.24. The molecule has 2 rings (SSSR count). The van der Waals surface area contributed by atoms with Gasteiger partial charge in [-0.1, -0.05) is 6.07 Å². The maximum Gasteiger partial charge on any atom is 0.262 e. The molecule has 2 amide bonds. The van der Waals surface area contributed by atoms with Crippen LogP contribution in [0.5, 0.6) is 5.75 Å². The maximum atomic E-state index is 12.3. The van der Waals surface area contributed by atoms with Crippen LogP contribution in [0.15, 0.2) is 18.2 Å². The zero-order valence-corrected chi connectivity index (χ0v) is 10.5. The molecule has 0 aromatic heterocycles. The molecule has 0 fully saturated rings. The summed E-state index contributed by atoms with van der Waals surface area (Å²) in [5.74, 6) is 0.192. The minimum absolute atomic E-state index is 0.0461. The van der Waals surface area contributed by atoms with Crippen LogP contribution in [0.3, 0.4) is 0 Å². The summed E-state index contributed by atoms with van der Waals surface area (Å²) in [6.07, 6.45) is 0. The van der Waals surface area contributed by atoms with Crippen molar-refractivity contribution >= 4 is 17.5 Å². The second-order valence-electron chi connectivity index (χ2n) is 4.00. The number of anilines is 1. The van der Waals surface area contributed by atoms with Gasteiger partial charge in [0.1, 0.15) is 0 Å². The normalized spacial score (nSPS) is 13.3. The van der Waals surface area contributed by atoms with Gasteiger partial charge in [0, 0.05) is 13.1 Å². The fraction of sp³-hybridized carbons (Fsp3) is 0.385. The molecule has 1 heterocycles. The van der Waals surface area contributed by atoms with Gasteiger partial charge in [-0.15, -0.1) is 0 Å². The molecule has 0 saturated heterocycles. The number of carbonyl (C=O) groups excluding carboxylic acids is 2. The summed E-state index contributed by atoms with van der Waals surface area (Å²) in [4.78, 5) is 25.2. The van der Waals surface area contributed by atoms with Crippen LogP contribution >= 0.6 is 0 Å². The Kier molecular flexibility index (Phi) is 3.50. The van der Waals surface area contributed by atoms with Crippen LogP contribution in [0.1, 0.15) is 24.2 Å². The Balaban J connectivity index is 2.37. The van der Waals surface area contributed by atoms with Crippen molar-refractivity contribution in [1.82, 2.24) is 4.90 Å². The molecule has 1 aromatic carbocycles. The molecule has 5 heteroatoms. The fourth-order valence-electron chi connectivity index (χ4n) is 1.96. The number of rotatable bonds is 3. The van der Waals surface area contributed by atoms with E-state index in [0.29, 0.717) is 30.1 Å². The van der Waals surface area contributed by atoms with Crippen molar-refractivity contribution in [2.45, 2.75) is 13.8 Å². The first-order chi connectivity index (χ1) is 8.67. The SMILES string of the molecule is CCN(CC)C(=O)c1cccc2c1OCC(=O)N2. The number of hydrogen-bond donors (Lipinski definition) is 1. The van der Waals surface area contributed by atoms with Crippen LogP contribution in [0.25, 0.3) is 0 Å². The number of nitrogens with zero attached hydrogens (tertiary/aromatic N) is 1. The van der Waals surface area contributed by atoms with E-state index < -0.39 is 0 Å². The van der Waals surface area contributed by atoms with Gasteiger partial charge in [0.05, 0.1) is 11.3 Å². The summed E-state index contributed by atoms with van der Waals surface area (Å²) < 4.78 is 5.37. The zero-order chi connectivity index (χ0) is 13.1. The monoisotopic (exact) mass is 248 g/mol. The molecule has 96 valence electrons. The molecule has 1 aliphatic heterocycles. The number of nitrogens with one attached hydrogen (secondary N) is 1. The first-order valence-electron chi connectivity index (χ1n) is 6.02. The standard InChI is InChI=1S/C13H16N2O3/c1-3-15(4-2)13(17)9-6-5-7-10-12(9)18-8-11(16)14-10/h5-7H,3-4,8H2,1-2H3,(H,14,16). The summed E-state index contributed by atoms with van der Waals surface area (Å²) >= 11 is 0. The maximum absolute atomic E-state index is 12.3. The molecule has 0 radical (unpaired) electrons. The highest BCUT2D eigenvalue weighted by Crippen LogP contribution is 2.32. The van der Waals surface area contributed by atoms with Crippen molar-refractivity contribution in [3.05, 3.63) is 23.8 Å². The van der Waals surface area contributed by atoms with Crippen molar-refractivity contribution in [1.29, 1.82) is 0 Å². The minimum Gasteiger partial charge on any atom is -0.481 e. The molecule has 0 spiro atoms. The number of benzene rings is 1. The second kappa shape index (κ2) is 5.08. The molecule has 0 aliphatic carbocycles. The molecule has 5 nitrogen and oxygen atoms in total. The Bertz CT molecular complexity index is 481. The Hall–Kier alpha value is -2.04. The third kappa shape index (κ3) is 2.16. The Morgan fingerprint density at radius 2 is 2.11 bits per heavy atom. The summed E-state index contributed by atoms with van der Waals surface area (Å²) in [6.45, 7) is 5.10. The van der Waals surface area contributed by atoms with E-state index in [1.807, 2.05) is 13.8 Å². The van der Waals surface area contributed by atoms with Gasteiger partial charge < -0.3 is 15.0 Å². The van der Waals surface area contributed by atoms with E-state index in [1.165, 1.54) is 0 Å². The number of carbonyl (C=O) groups is 2. The quantitative estimate of drug-likeness (QED) is 0.881. The lowest BCUT2D eigenvalue weighted by Gasteiger charge is -2.24. The van der Waals surface area contributed by atoms with E-state index in [2.05, 4.69) is 5.32 Å². The third-order valence-corrected chi connectivity index (χ3v) is 2.92. The van der Waals surface area contributed by atoms with Gasteiger partial charge >= 0.3 is 0 Å². The van der Waals surface area contributed by atoms with Crippen LogP contribution in [0.4, 0.5) is 5.69 Å². The lowest BCUT2D eigenvalue weighted by molar-refractivity contribution is -0.118. The molecule has 0 unspecified atom stereocenters. The molecular weight excluding hydrogens is 232 g/mol. The fourth-order valence-corrected chi connectivity index (χ4v) is 1.96. The number of ether oxygens (including phenoxy) is 1. The van der Waals surface area contributed by atoms with Gasteiger partial charge in [-0.05, 0) is 26.0 Å². The molecule has 0 atom stereocenters. The molecule has 1 N–H and O–H groups in total. The highest BCUT2D eigenvalue weighted by molar-refractivity contribution is 6.03. The van der Waals surface area contributed by atoms with E-state index in [1.54, 1.807) is 23.1 Å². The molecule has 1 aliphatic rings. The van der Waals surface area contributed by atoms with Crippen LogP contribution in [0.2, 0.25) is 0 Å². The second-order valence-corrected chi connectivity index (χ2v) is 4.00. The smallest absolute Gasteiger partial charge is 0.262 e. The minimum atomic E-state index is -0.199. The third-order valence-electron chi connectivity index (χ3n) is 2.92. The largest absolute Gasteiger partial charge is 0.481 e. The van der Waals surface area contributed by atoms with E-state index in [0.717, 1.165) is 0 Å². The number of para-hydroxylation sites is 1. The number of hydrogen-bond acceptors (Lipinski definition) is 3. The van der Waals surface area contributed by atoms with E-state index in [4.69, 9.17) is 4.74 Å². The average Bonchev–Trinajstić information content (AvgIpc) is 2.39. The summed E-state index contributed by atoms with van der Waals surface area (Å²) in [5, 5.41) is 2.70. The van der Waals surface area contributed by atoms with Gasteiger partial charge in [0.2, 0.25) is 0 Å². The topological polar surface area (TPSA) is 58.6 Å². The van der Waals surface area contributed by atoms with Crippen molar-refractivity contribution in [2.24, 2.45) is 0 Å². The van der Waals surface area contributed by atoms with Gasteiger partial charge in [0.25, 0.3) is 11.8 Å². The van der Waals surface area contributed by atoms with Crippen molar-refractivity contribution < 1.29 is 14.3 Å². The van der Waals surface area contributed by atoms with E-state index in [-0.39, 0.29) is 18.4 Å². The zero-order valence-electron chi connectivity index (χ0n) is 10.5. The van der Waals surface area contributed by atoms with Gasteiger partial charge in [-0.3, -0.25) is 9.59 Å². The van der Waals surface area contributed by atoms with Crippen LogP contribution < -0.4 is 10.1 Å². The predicted octanol–water partition coefficient (Wildman–Crippen LogP) is 1.50. The highest BCUT2D eigenvalue weighted by atomic mass is 16.5. The van der Waals surface area contributed by atoms with E-state index >= 15 is 0 Å². The van der Waals surface area contributed by atoms with Crippen molar-refractivity contribution in [2.75, 3.05) is 25.0 Å². The Morgan fingerprint density at radius 3 is 2.78 bits per heavy atom. The van der Waals surface area contributed by atoms with Gasteiger partial charge in [-0.25, -0.2) is 0 Å². The van der Waals surface area contributed by atoms with E-state index in [9.17, 15) is 9.59 Å². The van der Waals surface area contributed by atoms with Crippen molar-refractivity contribution in [3.63, 3.8) is 0 Å². The molecule has 0 bridgehead atoms.